The Morgan fingerprint density at radius 2 is 0.348 bits per heavy atom. The van der Waals surface area contributed by atoms with Gasteiger partial charge in [-0.2, -0.15) is 0 Å². The second-order valence-corrected chi connectivity index (χ2v) is 3.67. The summed E-state index contributed by atoms with van der Waals surface area (Å²) in [6, 6.07) is 0. The van der Waals surface area contributed by atoms with Gasteiger partial charge in [0.2, 0.25) is 0 Å². The van der Waals surface area contributed by atoms with Gasteiger partial charge < -0.3 is 60.2 Å². The van der Waals surface area contributed by atoms with Gasteiger partial charge in [-0.1, -0.05) is 0 Å². The summed E-state index contributed by atoms with van der Waals surface area (Å²) in [6.07, 6.45) is 0. The minimum atomic E-state index is -5.17. The summed E-state index contributed by atoms with van der Waals surface area (Å²) in [5.74, 6) is 0. The van der Waals surface area contributed by atoms with Gasteiger partial charge >= 0.3 is 83.5 Å². The van der Waals surface area contributed by atoms with Gasteiger partial charge in [0, 0.05) is 31.2 Å². The summed E-state index contributed by atoms with van der Waals surface area (Å²) in [5.41, 5.74) is 0. The monoisotopic (exact) mass is 676 g/mol. The van der Waals surface area contributed by atoms with Gasteiger partial charge in [-0.15, -0.1) is 0 Å². The molecule has 0 aromatic heterocycles. The molecule has 0 aromatic rings. The first kappa shape index (κ1) is 73.3. The van der Waals surface area contributed by atoms with Crippen molar-refractivity contribution in [2.45, 2.75) is 0 Å². The first-order valence-electron chi connectivity index (χ1n) is 2.00. The molecule has 0 aliphatic rings. The van der Waals surface area contributed by atoms with Gasteiger partial charge in [-0.25, -0.2) is 0 Å². The van der Waals surface area contributed by atoms with Crippen molar-refractivity contribution in [2.24, 2.45) is 0 Å². The van der Waals surface area contributed by atoms with Gasteiger partial charge in [0.05, 0.1) is 0 Å². The molecule has 0 fully saturated rings. The summed E-state index contributed by atoms with van der Waals surface area (Å²) in [4.78, 5) is 0. The predicted octanol–water partition coefficient (Wildman–Crippen LogP) is -8.96. The Hall–Kier alpha value is 2.12. The van der Waals surface area contributed by atoms with Crippen LogP contribution in [-0.2, 0) is 31.2 Å². The zero-order valence-corrected chi connectivity index (χ0v) is 18.9. The Bertz CT molecular complexity index is 343. The van der Waals surface area contributed by atoms with E-state index in [1.807, 2.05) is 0 Å². The molecule has 0 bridgehead atoms. The molecular weight excluding hydrogens is 664 g/mol. The normalized spacial score (nSPS) is 7.57. The molecule has 23 heteroatoms. The molecule has 0 unspecified atom stereocenters. The van der Waals surface area contributed by atoms with Crippen LogP contribution in [0.4, 0.5) is 0 Å². The second kappa shape index (κ2) is 31.9. The van der Waals surface area contributed by atoms with Gasteiger partial charge in [0.15, 0.2) is 0 Å². The largest absolute Gasteiger partial charge is 3.00 e. The molecule has 0 saturated heterocycles. The van der Waals surface area contributed by atoms with Gasteiger partial charge in [0.1, 0.15) is 0 Å². The van der Waals surface area contributed by atoms with Crippen molar-refractivity contribution in [1.82, 2.24) is 0 Å². The van der Waals surface area contributed by atoms with Crippen LogP contribution < -0.4 is 0 Å². The SMILES string of the molecule is O.O.O.O.O.O.O=S(=O)([O-])[O-].O=S(=O)([O-])[O-].O=S(=O)([O-])[O-].[Ce+3].[Ce+3]. The van der Waals surface area contributed by atoms with E-state index in [1.165, 1.54) is 0 Å². The fourth-order valence-corrected chi connectivity index (χ4v) is 0. The van der Waals surface area contributed by atoms with E-state index in [-0.39, 0.29) is 116 Å². The van der Waals surface area contributed by atoms with Crippen LogP contribution in [-0.4, -0.2) is 85.4 Å². The topological polar surface area (TPSA) is 430 Å². The molecule has 0 atom stereocenters. The maximum absolute atomic E-state index is 8.52. The van der Waals surface area contributed by atoms with Gasteiger partial charge in [-0.3, -0.25) is 25.3 Å². The molecule has 0 saturated carbocycles. The van der Waals surface area contributed by atoms with E-state index >= 15 is 0 Å². The van der Waals surface area contributed by atoms with Crippen molar-refractivity contribution < 1.29 is 169 Å². The second-order valence-electron chi connectivity index (χ2n) is 1.22. The standard InChI is InChI=1S/2Ce.3H2O4S.6H2O/c;;3*1-5(2,3)4;;;;;;/h;;3*(H2,1,2,3,4);6*1H2/q2*+3;;;;;;;;;/p-6. The molecule has 0 amide bonds. The van der Waals surface area contributed by atoms with Crippen LogP contribution in [0.5, 0.6) is 0 Å². The summed E-state index contributed by atoms with van der Waals surface area (Å²) < 4.78 is 102. The Kier molecular flexibility index (Phi) is 102. The summed E-state index contributed by atoms with van der Waals surface area (Å²) >= 11 is 0. The Labute approximate surface area is 197 Å². The van der Waals surface area contributed by atoms with Crippen molar-refractivity contribution in [2.75, 3.05) is 0 Å². The maximum atomic E-state index is 8.52. The van der Waals surface area contributed by atoms with Crippen LogP contribution >= 0.6 is 0 Å². The molecule has 0 aromatic carbocycles. The predicted molar refractivity (Wildman–Crippen MR) is 53.1 cm³/mol. The molecule has 2 radical (unpaired) electrons. The van der Waals surface area contributed by atoms with Gasteiger partial charge in [0.25, 0.3) is 0 Å². The third kappa shape index (κ3) is 2620. The average molecular weight is 677 g/mol. The zero-order valence-electron chi connectivity index (χ0n) is 10.1. The van der Waals surface area contributed by atoms with E-state index in [2.05, 4.69) is 0 Å². The zero-order chi connectivity index (χ0) is 13.5. The smallest absolute Gasteiger partial charge is 0.759 e. The van der Waals surface area contributed by atoms with Crippen molar-refractivity contribution in [3.63, 3.8) is 0 Å². The average Bonchev–Trinajstić information content (AvgIpc) is 1.41. The third-order valence-corrected chi connectivity index (χ3v) is 0. The first-order valence-corrected chi connectivity index (χ1v) is 6.00. The Morgan fingerprint density at radius 1 is 0.348 bits per heavy atom. The number of hydrogen-bond donors (Lipinski definition) is 0. The molecule has 0 aliphatic carbocycles. The van der Waals surface area contributed by atoms with Crippen molar-refractivity contribution in [1.29, 1.82) is 0 Å². The molecule has 0 heterocycles. The van der Waals surface area contributed by atoms with E-state index < -0.39 is 31.2 Å². The molecule has 23 heavy (non-hydrogen) atoms. The van der Waals surface area contributed by atoms with Crippen LogP contribution in [0.1, 0.15) is 0 Å². The molecule has 12 N–H and O–H groups in total. The summed E-state index contributed by atoms with van der Waals surface area (Å²) in [5, 5.41) is 0. The van der Waals surface area contributed by atoms with E-state index in [0.29, 0.717) is 0 Å². The Morgan fingerprint density at radius 3 is 0.348 bits per heavy atom. The minimum Gasteiger partial charge on any atom is -0.759 e. The van der Waals surface area contributed by atoms with Crippen LogP contribution in [0.2, 0.25) is 0 Å². The molecular formula is H12Ce2O18S3. The number of rotatable bonds is 0. The fraction of sp³-hybridized carbons (Fsp3) is 0. The van der Waals surface area contributed by atoms with E-state index in [9.17, 15) is 0 Å². The third-order valence-electron chi connectivity index (χ3n) is 0. The van der Waals surface area contributed by atoms with Crippen LogP contribution in [0.15, 0.2) is 0 Å². The first-order chi connectivity index (χ1) is 6.00. The van der Waals surface area contributed by atoms with Crippen molar-refractivity contribution in [3.8, 4) is 0 Å². The van der Waals surface area contributed by atoms with Crippen LogP contribution in [0.3, 0.4) is 0 Å². The molecule has 0 rings (SSSR count). The molecule has 0 spiro atoms. The maximum Gasteiger partial charge on any atom is 3.00 e. The summed E-state index contributed by atoms with van der Waals surface area (Å²) in [6.45, 7) is 0. The quantitative estimate of drug-likeness (QED) is 0.170. The Balaban J connectivity index is -0.00000000889. The van der Waals surface area contributed by atoms with E-state index in [0.717, 1.165) is 0 Å². The van der Waals surface area contributed by atoms with Crippen molar-refractivity contribution in [3.05, 3.63) is 0 Å². The van der Waals surface area contributed by atoms with Crippen LogP contribution in [0, 0.1) is 83.5 Å². The minimum absolute atomic E-state index is 0. The van der Waals surface area contributed by atoms with Crippen LogP contribution in [0.25, 0.3) is 0 Å². The molecule has 0 aliphatic heterocycles. The van der Waals surface area contributed by atoms with Crippen molar-refractivity contribution >= 4 is 31.2 Å². The number of hydrogen-bond acceptors (Lipinski definition) is 12. The van der Waals surface area contributed by atoms with E-state index in [1.54, 1.807) is 0 Å². The van der Waals surface area contributed by atoms with E-state index in [4.69, 9.17) is 52.6 Å². The molecule has 18 nitrogen and oxygen atoms in total. The van der Waals surface area contributed by atoms with Gasteiger partial charge in [-0.05, 0) is 0 Å². The summed E-state index contributed by atoms with van der Waals surface area (Å²) in [7, 11) is -15.5. The fourth-order valence-electron chi connectivity index (χ4n) is 0. The molecule has 146 valence electrons.